The van der Waals surface area contributed by atoms with Gasteiger partial charge >= 0.3 is 19.8 Å². The number of esters is 2. The zero-order valence-electron chi connectivity index (χ0n) is 26.2. The zero-order chi connectivity index (χ0) is 31.3. The first-order chi connectivity index (χ1) is 20.3. The van der Waals surface area contributed by atoms with Crippen molar-refractivity contribution in [2.24, 2.45) is 0 Å². The van der Waals surface area contributed by atoms with Crippen molar-refractivity contribution in [2.75, 3.05) is 26.4 Å². The summed E-state index contributed by atoms with van der Waals surface area (Å²) in [6.45, 7) is 2.08. The lowest BCUT2D eigenvalue weighted by Gasteiger charge is -2.20. The zero-order valence-corrected chi connectivity index (χ0v) is 27.1. The minimum Gasteiger partial charge on any atom is -0.457 e. The van der Waals surface area contributed by atoms with Crippen LogP contribution in [-0.2, 0) is 32.7 Å². The van der Waals surface area contributed by atoms with Gasteiger partial charge in [0.2, 0.25) is 0 Å². The Kier molecular flexibility index (Phi) is 27.6. The van der Waals surface area contributed by atoms with Crippen LogP contribution in [0.25, 0.3) is 0 Å². The number of rotatable bonds is 30. The summed E-state index contributed by atoms with van der Waals surface area (Å²) in [5.74, 6) is -1.03. The fraction of sp³-hybridized carbons (Fsp3) is 0.871. The van der Waals surface area contributed by atoms with E-state index < -0.39 is 58.4 Å². The summed E-state index contributed by atoms with van der Waals surface area (Å²) in [6.07, 6.45) is 20.7. The van der Waals surface area contributed by atoms with E-state index in [4.69, 9.17) is 18.5 Å². The van der Waals surface area contributed by atoms with Crippen molar-refractivity contribution in [3.63, 3.8) is 0 Å². The molecule has 0 aromatic rings. The fourth-order valence-electron chi connectivity index (χ4n) is 4.15. The molecule has 0 aromatic heterocycles. The number of allylic oxidation sites excluding steroid dienone is 2. The van der Waals surface area contributed by atoms with Crippen LogP contribution in [0.5, 0.6) is 0 Å². The van der Waals surface area contributed by atoms with Crippen LogP contribution in [-0.4, -0.2) is 65.7 Å². The number of carbonyl (C=O) groups excluding carboxylic acids is 2. The molecule has 0 aliphatic heterocycles. The Morgan fingerprint density at radius 1 is 0.619 bits per heavy atom. The number of aliphatic hydroxyl groups excluding tert-OH is 2. The molecule has 0 aliphatic rings. The van der Waals surface area contributed by atoms with Gasteiger partial charge in [0.05, 0.1) is 26.4 Å². The standard InChI is InChI=1S/C31H59O10P/c1-3-5-7-9-11-13-14-15-17-19-21-23-31(35)41-29(25-33)27-39-42(36,37)38-26-28(24-32)40-30(34)22-20-18-16-12-10-8-6-4-2/h9,11,28-29,32-33H,3-8,10,12-27H2,1-2H3,(H,36,37)/b11-9-. The van der Waals surface area contributed by atoms with Crippen LogP contribution >= 0.6 is 7.82 Å². The first kappa shape index (κ1) is 40.7. The molecule has 3 atom stereocenters. The van der Waals surface area contributed by atoms with Gasteiger partial charge in [0, 0.05) is 12.8 Å². The molecule has 0 rings (SSSR count). The minimum absolute atomic E-state index is 0.184. The van der Waals surface area contributed by atoms with E-state index in [1.54, 1.807) is 0 Å². The van der Waals surface area contributed by atoms with Crippen molar-refractivity contribution in [3.8, 4) is 0 Å². The van der Waals surface area contributed by atoms with Crippen LogP contribution in [0.3, 0.4) is 0 Å². The van der Waals surface area contributed by atoms with Gasteiger partial charge in [-0.05, 0) is 32.1 Å². The number of carbonyl (C=O) groups is 2. The molecule has 248 valence electrons. The van der Waals surface area contributed by atoms with E-state index >= 15 is 0 Å². The van der Waals surface area contributed by atoms with Gasteiger partial charge in [-0.1, -0.05) is 103 Å². The number of ether oxygens (including phenoxy) is 2. The van der Waals surface area contributed by atoms with E-state index in [0.717, 1.165) is 57.8 Å². The van der Waals surface area contributed by atoms with E-state index in [9.17, 15) is 29.3 Å². The van der Waals surface area contributed by atoms with Crippen LogP contribution in [0.4, 0.5) is 0 Å². The van der Waals surface area contributed by atoms with E-state index in [1.165, 1.54) is 38.5 Å². The molecule has 3 unspecified atom stereocenters. The Bertz CT molecular complexity index is 731. The summed E-state index contributed by atoms with van der Waals surface area (Å²) < 4.78 is 32.2. The molecule has 3 N–H and O–H groups in total. The van der Waals surface area contributed by atoms with Crippen LogP contribution in [0.1, 0.15) is 136 Å². The lowest BCUT2D eigenvalue weighted by atomic mass is 10.1. The summed E-state index contributed by atoms with van der Waals surface area (Å²) in [5.41, 5.74) is 0. The van der Waals surface area contributed by atoms with Crippen molar-refractivity contribution >= 4 is 19.8 Å². The Morgan fingerprint density at radius 3 is 1.43 bits per heavy atom. The van der Waals surface area contributed by atoms with Gasteiger partial charge in [0.1, 0.15) is 12.2 Å². The van der Waals surface area contributed by atoms with E-state index in [-0.39, 0.29) is 12.8 Å². The summed E-state index contributed by atoms with van der Waals surface area (Å²) >= 11 is 0. The largest absolute Gasteiger partial charge is 0.472 e. The summed E-state index contributed by atoms with van der Waals surface area (Å²) in [6, 6.07) is 0. The average molecular weight is 623 g/mol. The lowest BCUT2D eigenvalue weighted by molar-refractivity contribution is -0.153. The van der Waals surface area contributed by atoms with Gasteiger partial charge in [-0.25, -0.2) is 4.57 Å². The molecule has 10 nitrogen and oxygen atoms in total. The van der Waals surface area contributed by atoms with Crippen molar-refractivity contribution in [3.05, 3.63) is 12.2 Å². The second kappa shape index (κ2) is 28.5. The van der Waals surface area contributed by atoms with Gasteiger partial charge in [-0.2, -0.15) is 0 Å². The third-order valence-corrected chi connectivity index (χ3v) is 7.68. The molecular formula is C31H59O10P. The Morgan fingerprint density at radius 2 is 1.00 bits per heavy atom. The smallest absolute Gasteiger partial charge is 0.457 e. The number of aliphatic hydroxyl groups is 2. The van der Waals surface area contributed by atoms with E-state index in [2.05, 4.69) is 26.0 Å². The van der Waals surface area contributed by atoms with Crippen LogP contribution in [0.2, 0.25) is 0 Å². The van der Waals surface area contributed by atoms with Crippen LogP contribution in [0, 0.1) is 0 Å². The maximum absolute atomic E-state index is 12.2. The van der Waals surface area contributed by atoms with Gasteiger partial charge < -0.3 is 24.6 Å². The predicted octanol–water partition coefficient (Wildman–Crippen LogP) is 6.94. The number of hydrogen-bond donors (Lipinski definition) is 3. The first-order valence-corrected chi connectivity index (χ1v) is 17.6. The third kappa shape index (κ3) is 26.3. The molecule has 0 spiro atoms. The monoisotopic (exact) mass is 622 g/mol. The molecule has 0 bridgehead atoms. The highest BCUT2D eigenvalue weighted by molar-refractivity contribution is 7.47. The molecule has 0 radical (unpaired) electrons. The highest BCUT2D eigenvalue weighted by atomic mass is 31.2. The van der Waals surface area contributed by atoms with E-state index in [0.29, 0.717) is 12.8 Å². The van der Waals surface area contributed by atoms with Crippen LogP contribution < -0.4 is 0 Å². The fourth-order valence-corrected chi connectivity index (χ4v) is 4.94. The highest BCUT2D eigenvalue weighted by Crippen LogP contribution is 2.43. The summed E-state index contributed by atoms with van der Waals surface area (Å²) in [4.78, 5) is 34.0. The van der Waals surface area contributed by atoms with Crippen molar-refractivity contribution < 1.29 is 47.8 Å². The number of phosphoric acid groups is 1. The molecule has 0 saturated heterocycles. The van der Waals surface area contributed by atoms with Crippen LogP contribution in [0.15, 0.2) is 12.2 Å². The maximum Gasteiger partial charge on any atom is 0.472 e. The number of phosphoric ester groups is 1. The molecule has 0 heterocycles. The predicted molar refractivity (Wildman–Crippen MR) is 164 cm³/mol. The minimum atomic E-state index is -4.61. The molecule has 0 aliphatic carbocycles. The molecule has 0 fully saturated rings. The molecule has 0 saturated carbocycles. The average Bonchev–Trinajstić information content (AvgIpc) is 2.97. The Labute approximate surface area is 254 Å². The Hall–Kier alpha value is -1.29. The van der Waals surface area contributed by atoms with Crippen molar-refractivity contribution in [2.45, 2.75) is 148 Å². The third-order valence-electron chi connectivity index (χ3n) is 6.73. The normalized spacial score (nSPS) is 14.5. The quantitative estimate of drug-likeness (QED) is 0.0333. The number of hydrogen-bond acceptors (Lipinski definition) is 9. The van der Waals surface area contributed by atoms with E-state index in [1.807, 2.05) is 0 Å². The second-order valence-electron chi connectivity index (χ2n) is 10.8. The topological polar surface area (TPSA) is 149 Å². The van der Waals surface area contributed by atoms with Crippen molar-refractivity contribution in [1.29, 1.82) is 0 Å². The molecule has 11 heteroatoms. The van der Waals surface area contributed by atoms with Gasteiger partial charge in [0.25, 0.3) is 0 Å². The van der Waals surface area contributed by atoms with Gasteiger partial charge in [-0.3, -0.25) is 18.6 Å². The lowest BCUT2D eigenvalue weighted by Crippen LogP contribution is -2.28. The summed E-state index contributed by atoms with van der Waals surface area (Å²) in [7, 11) is -4.61. The molecule has 0 aromatic carbocycles. The second-order valence-corrected chi connectivity index (χ2v) is 12.2. The maximum atomic E-state index is 12.2. The SMILES string of the molecule is CCCC/C=C\CCCCCCCC(=O)OC(CO)COP(=O)(O)OCC(CO)OC(=O)CCCCCCCCCC. The molecule has 42 heavy (non-hydrogen) atoms. The summed E-state index contributed by atoms with van der Waals surface area (Å²) in [5, 5.41) is 18.9. The van der Waals surface area contributed by atoms with Gasteiger partial charge in [-0.15, -0.1) is 0 Å². The van der Waals surface area contributed by atoms with Gasteiger partial charge in [0.15, 0.2) is 0 Å². The highest BCUT2D eigenvalue weighted by Gasteiger charge is 2.27. The molecular weight excluding hydrogens is 563 g/mol. The van der Waals surface area contributed by atoms with Crippen molar-refractivity contribution in [1.82, 2.24) is 0 Å². The first-order valence-electron chi connectivity index (χ1n) is 16.1. The molecule has 0 amide bonds. The number of unbranched alkanes of at least 4 members (excludes halogenated alkanes) is 14. The Balaban J connectivity index is 4.08.